The number of nitrogens with zero attached hydrogens (tertiary/aromatic N) is 1. The van der Waals surface area contributed by atoms with Gasteiger partial charge in [0.15, 0.2) is 5.82 Å². The second-order valence-corrected chi connectivity index (χ2v) is 3.39. The van der Waals surface area contributed by atoms with E-state index in [0.717, 1.165) is 12.6 Å². The van der Waals surface area contributed by atoms with Gasteiger partial charge in [-0.15, -0.1) is 0 Å². The fourth-order valence-corrected chi connectivity index (χ4v) is 1.14. The predicted octanol–water partition coefficient (Wildman–Crippen LogP) is 0.477. The molecule has 0 radical (unpaired) electrons. The number of hydrogen-bond donors (Lipinski definition) is 2. The molecule has 1 aromatic heterocycles. The van der Waals surface area contributed by atoms with E-state index in [1.165, 1.54) is 12.3 Å². The second-order valence-electron chi connectivity index (χ2n) is 3.39. The molecule has 5 nitrogen and oxygen atoms in total. The van der Waals surface area contributed by atoms with Crippen molar-refractivity contribution >= 4 is 11.8 Å². The van der Waals surface area contributed by atoms with Crippen molar-refractivity contribution < 1.29 is 14.0 Å². The monoisotopic (exact) mass is 239 g/mol. The van der Waals surface area contributed by atoms with Crippen LogP contribution in [0.15, 0.2) is 18.5 Å². The van der Waals surface area contributed by atoms with Gasteiger partial charge in [-0.3, -0.25) is 14.6 Å². The quantitative estimate of drug-likeness (QED) is 0.785. The van der Waals surface area contributed by atoms with Crippen LogP contribution in [-0.4, -0.2) is 29.9 Å². The lowest BCUT2D eigenvalue weighted by molar-refractivity contribution is -0.120. The highest BCUT2D eigenvalue weighted by Crippen LogP contribution is 2.03. The van der Waals surface area contributed by atoms with Crippen molar-refractivity contribution in [2.75, 3.05) is 13.1 Å². The van der Waals surface area contributed by atoms with Crippen molar-refractivity contribution in [2.45, 2.75) is 13.3 Å². The van der Waals surface area contributed by atoms with Gasteiger partial charge in [0, 0.05) is 12.7 Å². The number of amides is 2. The fourth-order valence-electron chi connectivity index (χ4n) is 1.14. The zero-order chi connectivity index (χ0) is 12.7. The molecule has 0 aliphatic heterocycles. The summed E-state index contributed by atoms with van der Waals surface area (Å²) in [6, 6.07) is 1.26. The lowest BCUT2D eigenvalue weighted by Gasteiger charge is -2.06. The SMILES string of the molecule is CCCNC(=O)CNC(=O)c1ccncc1F. The van der Waals surface area contributed by atoms with E-state index in [0.29, 0.717) is 6.54 Å². The number of carbonyl (C=O) groups is 2. The third-order valence-corrected chi connectivity index (χ3v) is 2.00. The maximum atomic E-state index is 13.1. The van der Waals surface area contributed by atoms with Crippen LogP contribution >= 0.6 is 0 Å². The molecule has 0 aliphatic carbocycles. The minimum atomic E-state index is -0.709. The Morgan fingerprint density at radius 3 is 2.82 bits per heavy atom. The molecule has 0 atom stereocenters. The van der Waals surface area contributed by atoms with Crippen molar-refractivity contribution in [1.82, 2.24) is 15.6 Å². The molecule has 17 heavy (non-hydrogen) atoms. The Bertz CT molecular complexity index is 409. The van der Waals surface area contributed by atoms with Gasteiger partial charge in [-0.2, -0.15) is 0 Å². The van der Waals surface area contributed by atoms with Crippen LogP contribution in [0.4, 0.5) is 4.39 Å². The number of nitrogens with one attached hydrogen (secondary N) is 2. The van der Waals surface area contributed by atoms with E-state index >= 15 is 0 Å². The molecular weight excluding hydrogens is 225 g/mol. The van der Waals surface area contributed by atoms with Crippen LogP contribution in [0.2, 0.25) is 0 Å². The van der Waals surface area contributed by atoms with Crippen LogP contribution in [-0.2, 0) is 4.79 Å². The number of carbonyl (C=O) groups excluding carboxylic acids is 2. The third kappa shape index (κ3) is 4.18. The Labute approximate surface area is 98.4 Å². The molecule has 0 fully saturated rings. The molecule has 2 N–H and O–H groups in total. The average Bonchev–Trinajstić information content (AvgIpc) is 2.34. The van der Waals surface area contributed by atoms with Gasteiger partial charge in [0.1, 0.15) is 0 Å². The zero-order valence-corrected chi connectivity index (χ0v) is 9.50. The van der Waals surface area contributed by atoms with Gasteiger partial charge >= 0.3 is 0 Å². The summed E-state index contributed by atoms with van der Waals surface area (Å²) in [5, 5.41) is 4.92. The molecule has 1 rings (SSSR count). The van der Waals surface area contributed by atoms with E-state index in [1.54, 1.807) is 0 Å². The maximum Gasteiger partial charge on any atom is 0.254 e. The molecule has 0 saturated heterocycles. The molecule has 1 aromatic rings. The predicted molar refractivity (Wildman–Crippen MR) is 59.8 cm³/mol. The lowest BCUT2D eigenvalue weighted by Crippen LogP contribution is -2.37. The van der Waals surface area contributed by atoms with Crippen molar-refractivity contribution in [2.24, 2.45) is 0 Å². The van der Waals surface area contributed by atoms with E-state index in [2.05, 4.69) is 15.6 Å². The summed E-state index contributed by atoms with van der Waals surface area (Å²) >= 11 is 0. The molecule has 92 valence electrons. The summed E-state index contributed by atoms with van der Waals surface area (Å²) in [5.74, 6) is -1.63. The number of hydrogen-bond acceptors (Lipinski definition) is 3. The van der Waals surface area contributed by atoms with E-state index in [1.807, 2.05) is 6.92 Å². The smallest absolute Gasteiger partial charge is 0.254 e. The van der Waals surface area contributed by atoms with E-state index < -0.39 is 11.7 Å². The first-order chi connectivity index (χ1) is 8.15. The summed E-state index contributed by atoms with van der Waals surface area (Å²) in [4.78, 5) is 26.2. The number of halogens is 1. The summed E-state index contributed by atoms with van der Waals surface area (Å²) in [6.07, 6.45) is 3.08. The van der Waals surface area contributed by atoms with Gasteiger partial charge in [0.2, 0.25) is 5.91 Å². The molecule has 0 spiro atoms. The summed E-state index contributed by atoms with van der Waals surface area (Å²) in [5.41, 5.74) is -0.122. The molecule has 1 heterocycles. The summed E-state index contributed by atoms with van der Waals surface area (Å²) in [6.45, 7) is 2.31. The lowest BCUT2D eigenvalue weighted by atomic mass is 10.2. The first kappa shape index (κ1) is 13.1. The minimum absolute atomic E-state index is 0.122. The van der Waals surface area contributed by atoms with Crippen LogP contribution in [0.3, 0.4) is 0 Å². The van der Waals surface area contributed by atoms with Crippen molar-refractivity contribution in [1.29, 1.82) is 0 Å². The number of rotatable bonds is 5. The van der Waals surface area contributed by atoms with Crippen LogP contribution in [0.25, 0.3) is 0 Å². The van der Waals surface area contributed by atoms with Crippen LogP contribution in [0.5, 0.6) is 0 Å². The maximum absolute atomic E-state index is 13.1. The van der Waals surface area contributed by atoms with E-state index in [9.17, 15) is 14.0 Å². The Morgan fingerprint density at radius 1 is 1.41 bits per heavy atom. The number of aromatic nitrogens is 1. The van der Waals surface area contributed by atoms with Gasteiger partial charge in [0.25, 0.3) is 5.91 Å². The largest absolute Gasteiger partial charge is 0.355 e. The Morgan fingerprint density at radius 2 is 2.18 bits per heavy atom. The van der Waals surface area contributed by atoms with Crippen LogP contribution in [0, 0.1) is 5.82 Å². The number of pyridine rings is 1. The van der Waals surface area contributed by atoms with Gasteiger partial charge in [-0.1, -0.05) is 6.92 Å². The highest BCUT2D eigenvalue weighted by Gasteiger charge is 2.11. The molecule has 0 aliphatic rings. The van der Waals surface area contributed by atoms with Crippen molar-refractivity contribution in [3.8, 4) is 0 Å². The van der Waals surface area contributed by atoms with Crippen molar-refractivity contribution in [3.05, 3.63) is 29.8 Å². The van der Waals surface area contributed by atoms with Gasteiger partial charge in [-0.05, 0) is 12.5 Å². The summed E-state index contributed by atoms with van der Waals surface area (Å²) < 4.78 is 13.1. The standard InChI is InChI=1S/C11H14FN3O2/c1-2-4-14-10(16)7-15-11(17)8-3-5-13-6-9(8)12/h3,5-6H,2,4,7H2,1H3,(H,14,16)(H,15,17). The van der Waals surface area contributed by atoms with Crippen LogP contribution in [0.1, 0.15) is 23.7 Å². The molecule has 0 unspecified atom stereocenters. The first-order valence-corrected chi connectivity index (χ1v) is 5.29. The van der Waals surface area contributed by atoms with Gasteiger partial charge in [-0.25, -0.2) is 4.39 Å². The molecule has 6 heteroatoms. The Hall–Kier alpha value is -1.98. The molecule has 0 bridgehead atoms. The zero-order valence-electron chi connectivity index (χ0n) is 9.50. The highest BCUT2D eigenvalue weighted by molar-refractivity contribution is 5.96. The highest BCUT2D eigenvalue weighted by atomic mass is 19.1. The Kier molecular flexibility index (Phi) is 5.06. The van der Waals surface area contributed by atoms with Gasteiger partial charge in [0.05, 0.1) is 18.3 Å². The molecule has 0 aromatic carbocycles. The van der Waals surface area contributed by atoms with Gasteiger partial charge < -0.3 is 10.6 Å². The molecule has 0 saturated carbocycles. The van der Waals surface area contributed by atoms with E-state index in [4.69, 9.17) is 0 Å². The Balaban J connectivity index is 2.45. The first-order valence-electron chi connectivity index (χ1n) is 5.29. The minimum Gasteiger partial charge on any atom is -0.355 e. The topological polar surface area (TPSA) is 71.1 Å². The molecular formula is C11H14FN3O2. The fraction of sp³-hybridized carbons (Fsp3) is 0.364. The van der Waals surface area contributed by atoms with Crippen LogP contribution < -0.4 is 10.6 Å². The summed E-state index contributed by atoms with van der Waals surface area (Å²) in [7, 11) is 0. The molecule has 2 amide bonds. The average molecular weight is 239 g/mol. The van der Waals surface area contributed by atoms with Crippen molar-refractivity contribution in [3.63, 3.8) is 0 Å². The normalized spacial score (nSPS) is 9.76. The third-order valence-electron chi connectivity index (χ3n) is 2.00. The second kappa shape index (κ2) is 6.57. The van der Waals surface area contributed by atoms with E-state index in [-0.39, 0.29) is 18.0 Å².